The summed E-state index contributed by atoms with van der Waals surface area (Å²) in [5, 5.41) is 10.4. The Kier molecular flexibility index (Phi) is 5.56. The molecule has 2 N–H and O–H groups in total. The summed E-state index contributed by atoms with van der Waals surface area (Å²) >= 11 is 0. The van der Waals surface area contributed by atoms with Gasteiger partial charge in [0, 0.05) is 18.9 Å². The molecule has 1 aliphatic carbocycles. The highest BCUT2D eigenvalue weighted by atomic mass is 19.4. The van der Waals surface area contributed by atoms with Gasteiger partial charge in [-0.15, -0.1) is 0 Å². The van der Waals surface area contributed by atoms with Crippen LogP contribution in [0.15, 0.2) is 0 Å². The molecular weight excluding hydrogens is 293 g/mol. The molecule has 1 fully saturated rings. The lowest BCUT2D eigenvalue weighted by Crippen LogP contribution is -2.48. The molecule has 1 atom stereocenters. The van der Waals surface area contributed by atoms with Crippen molar-refractivity contribution in [3.63, 3.8) is 0 Å². The van der Waals surface area contributed by atoms with Crippen molar-refractivity contribution in [2.75, 3.05) is 6.54 Å². The van der Waals surface area contributed by atoms with Crippen molar-refractivity contribution in [1.82, 2.24) is 10.2 Å². The molecule has 21 heavy (non-hydrogen) atoms. The first-order chi connectivity index (χ1) is 9.58. The molecule has 0 heterocycles. The van der Waals surface area contributed by atoms with Crippen LogP contribution in [0.1, 0.15) is 32.6 Å². The van der Waals surface area contributed by atoms with Gasteiger partial charge in [-0.05, 0) is 18.8 Å². The number of urea groups is 1. The van der Waals surface area contributed by atoms with Gasteiger partial charge in [0.1, 0.15) is 6.54 Å². The maximum absolute atomic E-state index is 12.4. The van der Waals surface area contributed by atoms with Crippen LogP contribution in [0.5, 0.6) is 0 Å². The average molecular weight is 310 g/mol. The third kappa shape index (κ3) is 6.96. The minimum Gasteiger partial charge on any atom is -0.481 e. The number of hydrogen-bond donors (Lipinski definition) is 2. The maximum atomic E-state index is 12.4. The molecule has 0 bridgehead atoms. The van der Waals surface area contributed by atoms with E-state index in [-0.39, 0.29) is 12.8 Å². The minimum absolute atomic E-state index is 0.234. The van der Waals surface area contributed by atoms with Crippen LogP contribution in [0.2, 0.25) is 0 Å². The highest BCUT2D eigenvalue weighted by Crippen LogP contribution is 2.30. The van der Waals surface area contributed by atoms with Crippen LogP contribution in [0.25, 0.3) is 0 Å². The monoisotopic (exact) mass is 310 g/mol. The van der Waals surface area contributed by atoms with Crippen LogP contribution in [0.4, 0.5) is 18.0 Å². The quantitative estimate of drug-likeness (QED) is 0.782. The van der Waals surface area contributed by atoms with E-state index in [0.717, 1.165) is 0 Å². The largest absolute Gasteiger partial charge is 0.481 e. The lowest BCUT2D eigenvalue weighted by atomic mass is 10.0. The zero-order chi connectivity index (χ0) is 16.2. The van der Waals surface area contributed by atoms with E-state index in [1.54, 1.807) is 0 Å². The normalized spacial score (nSPS) is 16.2. The molecule has 0 radical (unpaired) electrons. The van der Waals surface area contributed by atoms with Gasteiger partial charge in [0.25, 0.3) is 0 Å². The molecule has 3 amide bonds. The molecule has 0 aromatic rings. The van der Waals surface area contributed by atoms with Gasteiger partial charge in [-0.3, -0.25) is 14.9 Å². The van der Waals surface area contributed by atoms with E-state index in [1.807, 2.05) is 5.32 Å². The second kappa shape index (κ2) is 6.77. The molecule has 120 valence electrons. The van der Waals surface area contributed by atoms with Crippen molar-refractivity contribution in [3.8, 4) is 0 Å². The van der Waals surface area contributed by atoms with E-state index in [0.29, 0.717) is 17.7 Å². The van der Waals surface area contributed by atoms with Crippen molar-refractivity contribution < 1.29 is 32.7 Å². The Balaban J connectivity index is 2.49. The topological polar surface area (TPSA) is 86.7 Å². The van der Waals surface area contributed by atoms with Gasteiger partial charge in [-0.25, -0.2) is 4.79 Å². The molecule has 0 aliphatic heterocycles. The summed E-state index contributed by atoms with van der Waals surface area (Å²) in [7, 11) is 0. The molecule has 0 saturated heterocycles. The number of rotatable bonds is 6. The Labute approximate surface area is 119 Å². The number of alkyl halides is 3. The number of carbonyl (C=O) groups is 3. The number of carbonyl (C=O) groups excluding carboxylic acids is 2. The summed E-state index contributed by atoms with van der Waals surface area (Å²) in [6.45, 7) is 0.105. The summed E-state index contributed by atoms with van der Waals surface area (Å²) in [5.41, 5.74) is 0. The number of aliphatic carboxylic acids is 1. The van der Waals surface area contributed by atoms with Crippen LogP contribution < -0.4 is 5.32 Å². The van der Waals surface area contributed by atoms with E-state index in [1.165, 1.54) is 6.92 Å². The molecule has 1 rings (SSSR count). The second-order valence-electron chi connectivity index (χ2n) is 5.23. The van der Waals surface area contributed by atoms with E-state index in [4.69, 9.17) is 5.11 Å². The fourth-order valence-electron chi connectivity index (χ4n) is 1.87. The first-order valence-electron chi connectivity index (χ1n) is 6.47. The smallest absolute Gasteiger partial charge is 0.406 e. The number of hydrogen-bond acceptors (Lipinski definition) is 3. The van der Waals surface area contributed by atoms with Crippen molar-refractivity contribution in [2.45, 2.75) is 44.8 Å². The molecule has 0 aromatic carbocycles. The Morgan fingerprint density at radius 1 is 1.29 bits per heavy atom. The average Bonchev–Trinajstić information content (AvgIpc) is 3.06. The van der Waals surface area contributed by atoms with E-state index in [9.17, 15) is 27.6 Å². The van der Waals surface area contributed by atoms with Crippen LogP contribution >= 0.6 is 0 Å². The second-order valence-corrected chi connectivity index (χ2v) is 5.23. The summed E-state index contributed by atoms with van der Waals surface area (Å²) in [4.78, 5) is 34.3. The highest BCUT2D eigenvalue weighted by molar-refractivity contribution is 5.94. The van der Waals surface area contributed by atoms with Gasteiger partial charge >= 0.3 is 18.2 Å². The van der Waals surface area contributed by atoms with Crippen LogP contribution in [-0.2, 0) is 9.59 Å². The fraction of sp³-hybridized carbons (Fsp3) is 0.750. The Morgan fingerprint density at radius 2 is 1.86 bits per heavy atom. The van der Waals surface area contributed by atoms with Crippen molar-refractivity contribution in [2.24, 2.45) is 5.92 Å². The lowest BCUT2D eigenvalue weighted by Gasteiger charge is -2.23. The summed E-state index contributed by atoms with van der Waals surface area (Å²) in [6.07, 6.45) is -4.06. The number of amides is 3. The lowest BCUT2D eigenvalue weighted by molar-refractivity contribution is -0.142. The zero-order valence-corrected chi connectivity index (χ0v) is 11.4. The first-order valence-corrected chi connectivity index (χ1v) is 6.47. The number of nitrogens with one attached hydrogen (secondary N) is 1. The van der Waals surface area contributed by atoms with Gasteiger partial charge in [-0.2, -0.15) is 13.2 Å². The number of carboxylic acid groups (broad SMARTS) is 1. The number of halogens is 3. The third-order valence-electron chi connectivity index (χ3n) is 2.90. The minimum atomic E-state index is -4.53. The molecule has 0 aromatic heterocycles. The van der Waals surface area contributed by atoms with Gasteiger partial charge in [-0.1, -0.05) is 6.92 Å². The van der Waals surface area contributed by atoms with E-state index in [2.05, 4.69) is 0 Å². The van der Waals surface area contributed by atoms with Crippen molar-refractivity contribution in [1.29, 1.82) is 0 Å². The Hall–Kier alpha value is -1.80. The molecular formula is C12H17F3N2O4. The maximum Gasteiger partial charge on any atom is 0.406 e. The SMILES string of the molecule is CC(CC(=O)O)CC(=O)NC(=O)N(CC(F)(F)F)C1CC1. The number of nitrogens with zero attached hydrogens (tertiary/aromatic N) is 1. The predicted molar refractivity (Wildman–Crippen MR) is 65.4 cm³/mol. The third-order valence-corrected chi connectivity index (χ3v) is 2.90. The summed E-state index contributed by atoms with van der Waals surface area (Å²) in [6, 6.07) is -1.57. The van der Waals surface area contributed by atoms with Crippen LogP contribution in [-0.4, -0.2) is 46.7 Å². The van der Waals surface area contributed by atoms with Crippen molar-refractivity contribution >= 4 is 17.9 Å². The first kappa shape index (κ1) is 17.3. The Bertz CT molecular complexity index is 421. The highest BCUT2D eigenvalue weighted by Gasteiger charge is 2.41. The number of carboxylic acids is 1. The van der Waals surface area contributed by atoms with Crippen LogP contribution in [0, 0.1) is 5.92 Å². The van der Waals surface area contributed by atoms with E-state index >= 15 is 0 Å². The fourth-order valence-corrected chi connectivity index (χ4v) is 1.87. The van der Waals surface area contributed by atoms with Gasteiger partial charge < -0.3 is 10.0 Å². The molecule has 1 saturated carbocycles. The molecule has 0 spiro atoms. The van der Waals surface area contributed by atoms with Crippen LogP contribution in [0.3, 0.4) is 0 Å². The van der Waals surface area contributed by atoms with Gasteiger partial charge in [0.15, 0.2) is 0 Å². The Morgan fingerprint density at radius 3 is 2.29 bits per heavy atom. The van der Waals surface area contributed by atoms with Gasteiger partial charge in [0.05, 0.1) is 0 Å². The van der Waals surface area contributed by atoms with Gasteiger partial charge in [0.2, 0.25) is 5.91 Å². The number of imide groups is 1. The van der Waals surface area contributed by atoms with Crippen molar-refractivity contribution in [3.05, 3.63) is 0 Å². The standard InChI is InChI=1S/C12H17F3N2O4/c1-7(5-10(19)20)4-9(18)16-11(21)17(8-2-3-8)6-12(13,14)15/h7-8H,2-6H2,1H3,(H,19,20)(H,16,18,21). The predicted octanol–water partition coefficient (Wildman–Crippen LogP) is 1.75. The summed E-state index contributed by atoms with van der Waals surface area (Å²) in [5.74, 6) is -2.37. The molecule has 6 nitrogen and oxygen atoms in total. The molecule has 1 unspecified atom stereocenters. The van der Waals surface area contributed by atoms with E-state index < -0.39 is 42.6 Å². The molecule has 1 aliphatic rings. The molecule has 9 heteroatoms. The zero-order valence-electron chi connectivity index (χ0n) is 11.4. The summed E-state index contributed by atoms with van der Waals surface area (Å²) < 4.78 is 37.1.